The molecule has 2 aromatic carbocycles. The zero-order chi connectivity index (χ0) is 22.4. The highest BCUT2D eigenvalue weighted by Crippen LogP contribution is 2.19. The van der Waals surface area contributed by atoms with Crippen LogP contribution in [0.3, 0.4) is 0 Å². The van der Waals surface area contributed by atoms with Gasteiger partial charge in [0.2, 0.25) is 11.8 Å². The average molecular weight is 421 g/mol. The SMILES string of the molecule is Cc1ccc(CN(C(=O)Cc2cc(C)ccc2C)C(C)C(=O)NC2CCCCC2)cc1. The first-order valence-electron chi connectivity index (χ1n) is 11.5. The summed E-state index contributed by atoms with van der Waals surface area (Å²) in [5.41, 5.74) is 5.49. The van der Waals surface area contributed by atoms with Gasteiger partial charge in [-0.3, -0.25) is 9.59 Å². The third kappa shape index (κ3) is 6.43. The molecule has 31 heavy (non-hydrogen) atoms. The highest BCUT2D eigenvalue weighted by Gasteiger charge is 2.28. The first-order valence-corrected chi connectivity index (χ1v) is 11.5. The molecule has 4 nitrogen and oxygen atoms in total. The average Bonchev–Trinajstić information content (AvgIpc) is 2.76. The molecule has 1 saturated carbocycles. The molecular formula is C27H36N2O2. The smallest absolute Gasteiger partial charge is 0.242 e. The quantitative estimate of drug-likeness (QED) is 0.684. The summed E-state index contributed by atoms with van der Waals surface area (Å²) in [6.45, 7) is 8.41. The summed E-state index contributed by atoms with van der Waals surface area (Å²) in [5, 5.41) is 3.20. The minimum atomic E-state index is -0.513. The Kier molecular flexibility index (Phi) is 7.89. The Hall–Kier alpha value is -2.62. The van der Waals surface area contributed by atoms with Crippen molar-refractivity contribution in [3.05, 3.63) is 70.3 Å². The molecule has 0 aromatic heterocycles. The number of benzene rings is 2. The van der Waals surface area contributed by atoms with Crippen molar-refractivity contribution >= 4 is 11.8 Å². The summed E-state index contributed by atoms with van der Waals surface area (Å²) in [5.74, 6) is -0.0612. The lowest BCUT2D eigenvalue weighted by atomic mass is 9.95. The number of rotatable bonds is 7. The van der Waals surface area contributed by atoms with E-state index in [4.69, 9.17) is 0 Å². The maximum absolute atomic E-state index is 13.4. The Morgan fingerprint density at radius 1 is 0.968 bits per heavy atom. The molecule has 3 rings (SSSR count). The van der Waals surface area contributed by atoms with Crippen molar-refractivity contribution in [2.24, 2.45) is 0 Å². The Bertz CT molecular complexity index is 898. The summed E-state index contributed by atoms with van der Waals surface area (Å²) in [6.07, 6.45) is 5.95. The maximum Gasteiger partial charge on any atom is 0.242 e. The van der Waals surface area contributed by atoms with Gasteiger partial charge in [-0.15, -0.1) is 0 Å². The van der Waals surface area contributed by atoms with Gasteiger partial charge >= 0.3 is 0 Å². The molecule has 166 valence electrons. The first kappa shape index (κ1) is 23.1. The zero-order valence-corrected chi connectivity index (χ0v) is 19.4. The molecule has 0 heterocycles. The summed E-state index contributed by atoms with van der Waals surface area (Å²) in [4.78, 5) is 28.2. The Morgan fingerprint density at radius 2 is 1.61 bits per heavy atom. The van der Waals surface area contributed by atoms with Crippen LogP contribution in [-0.4, -0.2) is 28.8 Å². The normalized spacial score (nSPS) is 15.4. The van der Waals surface area contributed by atoms with Gasteiger partial charge in [0.15, 0.2) is 0 Å². The van der Waals surface area contributed by atoms with Crippen LogP contribution in [0.4, 0.5) is 0 Å². The molecule has 4 heteroatoms. The van der Waals surface area contributed by atoms with E-state index < -0.39 is 6.04 Å². The number of nitrogens with one attached hydrogen (secondary N) is 1. The van der Waals surface area contributed by atoms with E-state index in [9.17, 15) is 9.59 Å². The highest BCUT2D eigenvalue weighted by atomic mass is 16.2. The van der Waals surface area contributed by atoms with Gasteiger partial charge in [0.1, 0.15) is 6.04 Å². The largest absolute Gasteiger partial charge is 0.352 e. The number of aryl methyl sites for hydroxylation is 3. The first-order chi connectivity index (χ1) is 14.8. The second-order valence-corrected chi connectivity index (χ2v) is 9.13. The van der Waals surface area contributed by atoms with Gasteiger partial charge < -0.3 is 10.2 Å². The summed E-state index contributed by atoms with van der Waals surface area (Å²) < 4.78 is 0. The predicted octanol–water partition coefficient (Wildman–Crippen LogP) is 5.02. The monoisotopic (exact) mass is 420 g/mol. The van der Waals surface area contributed by atoms with Crippen molar-refractivity contribution < 1.29 is 9.59 Å². The molecule has 0 aliphatic heterocycles. The van der Waals surface area contributed by atoms with E-state index in [1.54, 1.807) is 4.90 Å². The van der Waals surface area contributed by atoms with Crippen LogP contribution in [0.1, 0.15) is 66.8 Å². The van der Waals surface area contributed by atoms with Gasteiger partial charge in [-0.1, -0.05) is 72.9 Å². The number of hydrogen-bond acceptors (Lipinski definition) is 2. The van der Waals surface area contributed by atoms with Gasteiger partial charge in [0, 0.05) is 12.6 Å². The molecule has 0 saturated heterocycles. The lowest BCUT2D eigenvalue weighted by molar-refractivity contribution is -0.140. The van der Waals surface area contributed by atoms with Gasteiger partial charge in [0.25, 0.3) is 0 Å². The third-order valence-corrected chi connectivity index (χ3v) is 6.44. The molecule has 1 aliphatic rings. The second-order valence-electron chi connectivity index (χ2n) is 9.13. The second kappa shape index (κ2) is 10.6. The number of carbonyl (C=O) groups is 2. The van der Waals surface area contributed by atoms with Gasteiger partial charge in [0.05, 0.1) is 6.42 Å². The van der Waals surface area contributed by atoms with Crippen molar-refractivity contribution in [3.8, 4) is 0 Å². The minimum Gasteiger partial charge on any atom is -0.352 e. The van der Waals surface area contributed by atoms with Crippen molar-refractivity contribution in [1.29, 1.82) is 0 Å². The number of amides is 2. The van der Waals surface area contributed by atoms with Crippen molar-refractivity contribution in [3.63, 3.8) is 0 Å². The van der Waals surface area contributed by atoms with E-state index in [2.05, 4.69) is 35.6 Å². The van der Waals surface area contributed by atoms with Crippen LogP contribution < -0.4 is 5.32 Å². The van der Waals surface area contributed by atoms with E-state index in [0.29, 0.717) is 13.0 Å². The van der Waals surface area contributed by atoms with E-state index in [1.807, 2.05) is 39.8 Å². The molecule has 1 aliphatic carbocycles. The van der Waals surface area contributed by atoms with Crippen LogP contribution in [-0.2, 0) is 22.6 Å². The van der Waals surface area contributed by atoms with Gasteiger partial charge in [-0.2, -0.15) is 0 Å². The minimum absolute atomic E-state index is 0.0134. The maximum atomic E-state index is 13.4. The highest BCUT2D eigenvalue weighted by molar-refractivity contribution is 5.88. The lowest BCUT2D eigenvalue weighted by Gasteiger charge is -2.31. The Balaban J connectivity index is 1.78. The Labute approximate surface area is 187 Å². The van der Waals surface area contributed by atoms with Crippen molar-refractivity contribution in [2.75, 3.05) is 0 Å². The fourth-order valence-corrected chi connectivity index (χ4v) is 4.30. The third-order valence-electron chi connectivity index (χ3n) is 6.44. The van der Waals surface area contributed by atoms with E-state index in [1.165, 1.54) is 12.0 Å². The van der Waals surface area contributed by atoms with Crippen LogP contribution >= 0.6 is 0 Å². The molecule has 1 fully saturated rings. The molecule has 2 amide bonds. The molecule has 0 spiro atoms. The van der Waals surface area contributed by atoms with Crippen LogP contribution in [0.25, 0.3) is 0 Å². The van der Waals surface area contributed by atoms with Crippen LogP contribution in [0.15, 0.2) is 42.5 Å². The summed E-state index contributed by atoms with van der Waals surface area (Å²) in [7, 11) is 0. The fourth-order valence-electron chi connectivity index (χ4n) is 4.30. The molecule has 1 unspecified atom stereocenters. The Morgan fingerprint density at radius 3 is 2.29 bits per heavy atom. The molecule has 0 radical (unpaired) electrons. The topological polar surface area (TPSA) is 49.4 Å². The molecule has 1 N–H and O–H groups in total. The lowest BCUT2D eigenvalue weighted by Crippen LogP contribution is -2.50. The van der Waals surface area contributed by atoms with E-state index >= 15 is 0 Å². The standard InChI is InChI=1S/C27H36N2O2/c1-19-11-14-23(15-12-19)18-29(22(4)27(31)28-25-8-6-5-7-9-25)26(30)17-24-16-20(2)10-13-21(24)3/h10-16,22,25H,5-9,17-18H2,1-4H3,(H,28,31). The van der Waals surface area contributed by atoms with Crippen molar-refractivity contribution in [1.82, 2.24) is 10.2 Å². The molecule has 2 aromatic rings. The fraction of sp³-hybridized carbons (Fsp3) is 0.481. The zero-order valence-electron chi connectivity index (χ0n) is 19.4. The van der Waals surface area contributed by atoms with E-state index in [0.717, 1.165) is 47.9 Å². The predicted molar refractivity (Wildman–Crippen MR) is 126 cm³/mol. The molecule has 0 bridgehead atoms. The summed E-state index contributed by atoms with van der Waals surface area (Å²) >= 11 is 0. The van der Waals surface area contributed by atoms with Gasteiger partial charge in [-0.25, -0.2) is 0 Å². The number of nitrogens with zero attached hydrogens (tertiary/aromatic N) is 1. The number of carbonyl (C=O) groups excluding carboxylic acids is 2. The van der Waals surface area contributed by atoms with Crippen molar-refractivity contribution in [2.45, 2.75) is 84.8 Å². The van der Waals surface area contributed by atoms with Crippen LogP contribution in [0.5, 0.6) is 0 Å². The summed E-state index contributed by atoms with van der Waals surface area (Å²) in [6, 6.07) is 14.1. The van der Waals surface area contributed by atoms with Crippen LogP contribution in [0, 0.1) is 20.8 Å². The van der Waals surface area contributed by atoms with Gasteiger partial charge in [-0.05, 0) is 57.2 Å². The van der Waals surface area contributed by atoms with E-state index in [-0.39, 0.29) is 17.9 Å². The molecule has 1 atom stereocenters. The van der Waals surface area contributed by atoms with Crippen LogP contribution in [0.2, 0.25) is 0 Å². The molecular weight excluding hydrogens is 384 g/mol. The number of hydrogen-bond donors (Lipinski definition) is 1.